The van der Waals surface area contributed by atoms with Crippen molar-refractivity contribution in [2.75, 3.05) is 19.6 Å². The third-order valence-electron chi connectivity index (χ3n) is 3.08. The van der Waals surface area contributed by atoms with Gasteiger partial charge < -0.3 is 10.2 Å². The van der Waals surface area contributed by atoms with E-state index in [9.17, 15) is 4.79 Å². The maximum Gasteiger partial charge on any atom is 0.236 e. The molecule has 0 aromatic carbocycles. The van der Waals surface area contributed by atoms with Crippen molar-refractivity contribution in [2.45, 2.75) is 33.2 Å². The number of carbonyl (C=O) groups excluding carboxylic acids is 1. The summed E-state index contributed by atoms with van der Waals surface area (Å²) >= 11 is 1.70. The third-order valence-corrected chi connectivity index (χ3v) is 4.16. The molecule has 0 saturated carbocycles. The Balaban J connectivity index is 1.73. The van der Waals surface area contributed by atoms with Gasteiger partial charge in [-0.25, -0.2) is 4.98 Å². The largest absolute Gasteiger partial charge is 0.342 e. The summed E-state index contributed by atoms with van der Waals surface area (Å²) in [6.45, 7) is 7.07. The lowest BCUT2D eigenvalue weighted by atomic mass is 10.4. The van der Waals surface area contributed by atoms with Crippen molar-refractivity contribution in [3.63, 3.8) is 0 Å². The first-order valence-electron chi connectivity index (χ1n) is 6.08. The molecule has 17 heavy (non-hydrogen) atoms. The first-order valence-corrected chi connectivity index (χ1v) is 6.90. The molecule has 1 aliphatic rings. The van der Waals surface area contributed by atoms with E-state index in [-0.39, 0.29) is 5.91 Å². The van der Waals surface area contributed by atoms with Gasteiger partial charge in [0.2, 0.25) is 5.91 Å². The van der Waals surface area contributed by atoms with Gasteiger partial charge in [-0.05, 0) is 26.7 Å². The Kier molecular flexibility index (Phi) is 4.12. The summed E-state index contributed by atoms with van der Waals surface area (Å²) in [5, 5.41) is 4.24. The van der Waals surface area contributed by atoms with Crippen molar-refractivity contribution in [1.82, 2.24) is 15.2 Å². The van der Waals surface area contributed by atoms with Crippen molar-refractivity contribution in [1.29, 1.82) is 0 Å². The molecule has 2 heterocycles. The Morgan fingerprint density at radius 2 is 2.12 bits per heavy atom. The summed E-state index contributed by atoms with van der Waals surface area (Å²) in [5.74, 6) is 0.215. The molecule has 2 rings (SSSR count). The van der Waals surface area contributed by atoms with Crippen molar-refractivity contribution in [3.8, 4) is 0 Å². The maximum atomic E-state index is 11.8. The molecule has 1 aromatic heterocycles. The van der Waals surface area contributed by atoms with Crippen LogP contribution >= 0.6 is 11.3 Å². The summed E-state index contributed by atoms with van der Waals surface area (Å²) in [7, 11) is 0. The smallest absolute Gasteiger partial charge is 0.236 e. The average molecular weight is 253 g/mol. The quantitative estimate of drug-likeness (QED) is 0.884. The van der Waals surface area contributed by atoms with Crippen LogP contribution in [-0.2, 0) is 11.3 Å². The topological polar surface area (TPSA) is 45.2 Å². The minimum Gasteiger partial charge on any atom is -0.342 e. The fraction of sp³-hybridized carbons (Fsp3) is 0.667. The molecule has 1 aliphatic heterocycles. The molecule has 1 fully saturated rings. The zero-order chi connectivity index (χ0) is 12.3. The van der Waals surface area contributed by atoms with Crippen LogP contribution in [0.2, 0.25) is 0 Å². The zero-order valence-electron chi connectivity index (χ0n) is 10.5. The molecule has 0 unspecified atom stereocenters. The Hall–Kier alpha value is -0.940. The Morgan fingerprint density at radius 3 is 2.71 bits per heavy atom. The summed E-state index contributed by atoms with van der Waals surface area (Å²) in [6, 6.07) is 0. The summed E-state index contributed by atoms with van der Waals surface area (Å²) in [6.07, 6.45) is 2.30. The molecule has 1 aromatic rings. The number of hydrogen-bond acceptors (Lipinski definition) is 4. The van der Waals surface area contributed by atoms with Gasteiger partial charge >= 0.3 is 0 Å². The van der Waals surface area contributed by atoms with Crippen LogP contribution in [0, 0.1) is 13.8 Å². The second kappa shape index (κ2) is 5.60. The first kappa shape index (κ1) is 12.5. The average Bonchev–Trinajstić information content (AvgIpc) is 2.90. The molecule has 1 N–H and O–H groups in total. The van der Waals surface area contributed by atoms with Crippen molar-refractivity contribution < 1.29 is 4.79 Å². The molecular formula is C12H19N3OS. The molecule has 0 spiro atoms. The standard InChI is InChI=1S/C12H19N3OS/c1-9-10(2)17-11(14-9)7-13-8-12(16)15-5-3-4-6-15/h13H,3-8H2,1-2H3. The van der Waals surface area contributed by atoms with E-state index < -0.39 is 0 Å². The number of hydrogen-bond donors (Lipinski definition) is 1. The molecule has 4 nitrogen and oxygen atoms in total. The number of nitrogens with one attached hydrogen (secondary N) is 1. The molecule has 0 radical (unpaired) electrons. The highest BCUT2D eigenvalue weighted by molar-refractivity contribution is 7.11. The molecule has 0 aliphatic carbocycles. The third kappa shape index (κ3) is 3.26. The predicted octanol–water partition coefficient (Wildman–Crippen LogP) is 1.47. The highest BCUT2D eigenvalue weighted by Crippen LogP contribution is 2.15. The van der Waals surface area contributed by atoms with Gasteiger partial charge in [-0.3, -0.25) is 4.79 Å². The molecule has 0 atom stereocenters. The number of carbonyl (C=O) groups is 1. The van der Waals surface area contributed by atoms with Gasteiger partial charge in [0.15, 0.2) is 0 Å². The van der Waals surface area contributed by atoms with Crippen molar-refractivity contribution >= 4 is 17.2 Å². The fourth-order valence-electron chi connectivity index (χ4n) is 1.97. The van der Waals surface area contributed by atoms with Crippen molar-refractivity contribution in [3.05, 3.63) is 15.6 Å². The van der Waals surface area contributed by atoms with Gasteiger partial charge in [-0.1, -0.05) is 0 Å². The molecule has 94 valence electrons. The lowest BCUT2D eigenvalue weighted by molar-refractivity contribution is -0.129. The lowest BCUT2D eigenvalue weighted by Gasteiger charge is -2.14. The number of nitrogens with zero attached hydrogens (tertiary/aromatic N) is 2. The van der Waals surface area contributed by atoms with Crippen LogP contribution in [0.25, 0.3) is 0 Å². The fourth-order valence-corrected chi connectivity index (χ4v) is 2.87. The molecule has 0 bridgehead atoms. The van der Waals surface area contributed by atoms with Crippen LogP contribution in [0.3, 0.4) is 0 Å². The summed E-state index contributed by atoms with van der Waals surface area (Å²) in [5.41, 5.74) is 1.10. The molecule has 5 heteroatoms. The summed E-state index contributed by atoms with van der Waals surface area (Å²) < 4.78 is 0. The van der Waals surface area contributed by atoms with Crippen LogP contribution in [0.15, 0.2) is 0 Å². The molecular weight excluding hydrogens is 234 g/mol. The van der Waals surface area contributed by atoms with Gasteiger partial charge in [0.1, 0.15) is 5.01 Å². The first-order chi connectivity index (χ1) is 8.16. The minimum atomic E-state index is 0.215. The van der Waals surface area contributed by atoms with E-state index in [4.69, 9.17) is 0 Å². The molecule has 1 amide bonds. The Morgan fingerprint density at radius 1 is 1.41 bits per heavy atom. The van der Waals surface area contributed by atoms with E-state index in [2.05, 4.69) is 17.2 Å². The number of aryl methyl sites for hydroxylation is 2. The van der Waals surface area contributed by atoms with Crippen LogP contribution < -0.4 is 5.32 Å². The zero-order valence-corrected chi connectivity index (χ0v) is 11.3. The van der Waals surface area contributed by atoms with E-state index in [0.29, 0.717) is 13.1 Å². The van der Waals surface area contributed by atoms with E-state index >= 15 is 0 Å². The Labute approximate surface area is 106 Å². The highest BCUT2D eigenvalue weighted by Gasteiger charge is 2.17. The van der Waals surface area contributed by atoms with E-state index in [1.54, 1.807) is 11.3 Å². The number of thiazole rings is 1. The van der Waals surface area contributed by atoms with Gasteiger partial charge in [0.25, 0.3) is 0 Å². The van der Waals surface area contributed by atoms with Gasteiger partial charge in [-0.2, -0.15) is 0 Å². The monoisotopic (exact) mass is 253 g/mol. The second-order valence-electron chi connectivity index (χ2n) is 4.44. The number of aromatic nitrogens is 1. The maximum absolute atomic E-state index is 11.8. The molecule has 1 saturated heterocycles. The number of amides is 1. The van der Waals surface area contributed by atoms with Crippen LogP contribution in [0.4, 0.5) is 0 Å². The highest BCUT2D eigenvalue weighted by atomic mass is 32.1. The van der Waals surface area contributed by atoms with Gasteiger partial charge in [0.05, 0.1) is 12.2 Å². The van der Waals surface area contributed by atoms with E-state index in [1.165, 1.54) is 4.88 Å². The second-order valence-corrected chi connectivity index (χ2v) is 5.73. The van der Waals surface area contributed by atoms with Crippen molar-refractivity contribution in [2.24, 2.45) is 0 Å². The number of likely N-dealkylation sites (tertiary alicyclic amines) is 1. The minimum absolute atomic E-state index is 0.215. The summed E-state index contributed by atoms with van der Waals surface area (Å²) in [4.78, 5) is 19.4. The predicted molar refractivity (Wildman–Crippen MR) is 69.1 cm³/mol. The van der Waals surface area contributed by atoms with Crippen LogP contribution in [-0.4, -0.2) is 35.4 Å². The van der Waals surface area contributed by atoms with Gasteiger partial charge in [0, 0.05) is 24.5 Å². The van der Waals surface area contributed by atoms with Crippen LogP contribution in [0.5, 0.6) is 0 Å². The van der Waals surface area contributed by atoms with E-state index in [1.807, 2.05) is 11.8 Å². The Bertz CT molecular complexity index is 377. The lowest BCUT2D eigenvalue weighted by Crippen LogP contribution is -2.35. The van der Waals surface area contributed by atoms with E-state index in [0.717, 1.165) is 36.6 Å². The van der Waals surface area contributed by atoms with Crippen LogP contribution in [0.1, 0.15) is 28.4 Å². The SMILES string of the molecule is Cc1nc(CNCC(=O)N2CCCC2)sc1C. The number of rotatable bonds is 4. The normalized spacial score (nSPS) is 15.5. The van der Waals surface area contributed by atoms with Gasteiger partial charge in [-0.15, -0.1) is 11.3 Å².